The molecule has 1 aromatic heterocycles. The van der Waals surface area contributed by atoms with E-state index in [2.05, 4.69) is 26.2 Å². The molecule has 2 aromatic rings. The second-order valence-corrected chi connectivity index (χ2v) is 11.4. The number of aromatic nitrogens is 2. The number of carboxylic acids is 1. The molecule has 3 unspecified atom stereocenters. The second-order valence-electron chi connectivity index (χ2n) is 10.6. The smallest absolute Gasteiger partial charge is 0.308 e. The van der Waals surface area contributed by atoms with Crippen LogP contribution < -0.4 is 10.2 Å². The van der Waals surface area contributed by atoms with E-state index in [1.165, 1.54) is 6.42 Å². The third-order valence-electron chi connectivity index (χ3n) is 8.30. The van der Waals surface area contributed by atoms with Crippen molar-refractivity contribution in [3.05, 3.63) is 45.7 Å². The van der Waals surface area contributed by atoms with Crippen molar-refractivity contribution in [2.75, 3.05) is 36.4 Å². The summed E-state index contributed by atoms with van der Waals surface area (Å²) in [5.74, 6) is 1.44. The Balaban J connectivity index is 1.22. The lowest BCUT2D eigenvalue weighted by Gasteiger charge is -2.48. The summed E-state index contributed by atoms with van der Waals surface area (Å²) >= 11 is 12.4. The summed E-state index contributed by atoms with van der Waals surface area (Å²) in [4.78, 5) is 25.5. The first-order chi connectivity index (χ1) is 17.8. The van der Waals surface area contributed by atoms with E-state index in [9.17, 15) is 15.2 Å². The Labute approximate surface area is 227 Å². The largest absolute Gasteiger partial charge is 0.481 e. The Morgan fingerprint density at radius 2 is 2.00 bits per heavy atom. The number of aliphatic carboxylic acids is 1. The maximum atomic E-state index is 11.7. The molecule has 0 bridgehead atoms. The number of hydrogen-bond donors (Lipinski definition) is 2. The first kappa shape index (κ1) is 26.0. The molecule has 196 valence electrons. The summed E-state index contributed by atoms with van der Waals surface area (Å²) < 4.78 is 0. The number of rotatable bonds is 7. The minimum Gasteiger partial charge on any atom is -0.481 e. The molecule has 2 saturated heterocycles. The predicted octanol–water partition coefficient (Wildman–Crippen LogP) is 5.23. The third-order valence-corrected chi connectivity index (χ3v) is 8.87. The molecule has 37 heavy (non-hydrogen) atoms. The first-order valence-electron chi connectivity index (χ1n) is 13.0. The van der Waals surface area contributed by atoms with Crippen LogP contribution in [0.3, 0.4) is 0 Å². The maximum Gasteiger partial charge on any atom is 0.308 e. The molecule has 1 saturated carbocycles. The molecule has 2 aliphatic heterocycles. The molecule has 0 amide bonds. The molecular weight excluding hydrogens is 511 g/mol. The van der Waals surface area contributed by atoms with E-state index in [-0.39, 0.29) is 23.7 Å². The first-order valence-corrected chi connectivity index (χ1v) is 13.8. The lowest BCUT2D eigenvalue weighted by Crippen LogP contribution is -2.55. The summed E-state index contributed by atoms with van der Waals surface area (Å²) in [6, 6.07) is 7.47. The SMILES string of the molecule is CC(Nc1nc(N2CC([C@H]3CCCN(C4CCCC4C(=O)O)C3)C2)cnc1C#N)c1ccc(Cl)cc1Cl. The third kappa shape index (κ3) is 5.50. The highest BCUT2D eigenvalue weighted by atomic mass is 35.5. The number of halogens is 2. The Bertz CT molecular complexity index is 1200. The molecule has 10 heteroatoms. The zero-order valence-corrected chi connectivity index (χ0v) is 22.4. The summed E-state index contributed by atoms with van der Waals surface area (Å²) in [7, 11) is 0. The van der Waals surface area contributed by atoms with Crippen LogP contribution in [0.25, 0.3) is 0 Å². The molecular formula is C27H32Cl2N6O2. The van der Waals surface area contributed by atoms with E-state index in [0.29, 0.717) is 27.7 Å². The van der Waals surface area contributed by atoms with Gasteiger partial charge in [-0.2, -0.15) is 5.26 Å². The highest BCUT2D eigenvalue weighted by Crippen LogP contribution is 2.38. The molecule has 1 aliphatic carbocycles. The van der Waals surface area contributed by atoms with Gasteiger partial charge in [-0.3, -0.25) is 9.69 Å². The quantitative estimate of drug-likeness (QED) is 0.489. The lowest BCUT2D eigenvalue weighted by atomic mass is 9.80. The normalized spacial score (nSPS) is 25.4. The van der Waals surface area contributed by atoms with Crippen molar-refractivity contribution in [3.8, 4) is 6.07 Å². The van der Waals surface area contributed by atoms with Crippen molar-refractivity contribution in [1.29, 1.82) is 5.26 Å². The van der Waals surface area contributed by atoms with Crippen molar-refractivity contribution >= 4 is 40.8 Å². The van der Waals surface area contributed by atoms with Crippen molar-refractivity contribution in [3.63, 3.8) is 0 Å². The van der Waals surface area contributed by atoms with Gasteiger partial charge < -0.3 is 15.3 Å². The Hall–Kier alpha value is -2.60. The van der Waals surface area contributed by atoms with Crippen LogP contribution in [-0.4, -0.2) is 58.2 Å². The van der Waals surface area contributed by atoms with Gasteiger partial charge in [-0.25, -0.2) is 9.97 Å². The van der Waals surface area contributed by atoms with Crippen LogP contribution in [0.5, 0.6) is 0 Å². The summed E-state index contributed by atoms with van der Waals surface area (Å²) in [6.45, 7) is 5.73. The zero-order chi connectivity index (χ0) is 26.1. The van der Waals surface area contributed by atoms with Gasteiger partial charge in [0.2, 0.25) is 0 Å². The molecule has 3 heterocycles. The van der Waals surface area contributed by atoms with Crippen LogP contribution in [0.2, 0.25) is 10.0 Å². The van der Waals surface area contributed by atoms with E-state index < -0.39 is 5.97 Å². The van der Waals surface area contributed by atoms with Gasteiger partial charge in [-0.1, -0.05) is 35.7 Å². The average molecular weight is 543 g/mol. The number of hydrogen-bond acceptors (Lipinski definition) is 7. The van der Waals surface area contributed by atoms with E-state index in [0.717, 1.165) is 63.2 Å². The molecule has 2 N–H and O–H groups in total. The van der Waals surface area contributed by atoms with Gasteiger partial charge in [-0.05, 0) is 68.7 Å². The molecule has 1 aromatic carbocycles. The van der Waals surface area contributed by atoms with Gasteiger partial charge in [0.25, 0.3) is 0 Å². The fourth-order valence-corrected chi connectivity index (χ4v) is 6.81. The topological polar surface area (TPSA) is 105 Å². The van der Waals surface area contributed by atoms with Gasteiger partial charge in [0.1, 0.15) is 11.9 Å². The van der Waals surface area contributed by atoms with Gasteiger partial charge in [0.05, 0.1) is 18.2 Å². The number of carboxylic acid groups (broad SMARTS) is 1. The van der Waals surface area contributed by atoms with Gasteiger partial charge in [0, 0.05) is 35.7 Å². The minimum atomic E-state index is -0.643. The summed E-state index contributed by atoms with van der Waals surface area (Å²) in [5.41, 5.74) is 1.10. The minimum absolute atomic E-state index is 0.186. The van der Waals surface area contributed by atoms with Crippen molar-refractivity contribution in [1.82, 2.24) is 14.9 Å². The van der Waals surface area contributed by atoms with Gasteiger partial charge in [-0.15, -0.1) is 0 Å². The zero-order valence-electron chi connectivity index (χ0n) is 20.9. The highest BCUT2D eigenvalue weighted by molar-refractivity contribution is 6.35. The lowest BCUT2D eigenvalue weighted by molar-refractivity contribution is -0.143. The highest BCUT2D eigenvalue weighted by Gasteiger charge is 2.42. The van der Waals surface area contributed by atoms with E-state index in [1.807, 2.05) is 13.0 Å². The van der Waals surface area contributed by atoms with Gasteiger partial charge >= 0.3 is 5.97 Å². The summed E-state index contributed by atoms with van der Waals surface area (Å²) in [5, 5.41) is 23.6. The molecule has 5 rings (SSSR count). The van der Waals surface area contributed by atoms with Crippen molar-refractivity contribution in [2.24, 2.45) is 17.8 Å². The standard InChI is InChI=1S/C27H32Cl2N6O2/c1-16(20-8-7-19(28)10-22(20)29)32-26-23(11-30)31-12-25(33-26)35-14-18(15-35)17-4-3-9-34(13-17)24-6-2-5-21(24)27(36)37/h7-8,10,12,16-18,21,24H,2-6,9,13-15H2,1H3,(H,32,33)(H,36,37)/t16?,17-,21?,24?/m0/s1. The predicted molar refractivity (Wildman–Crippen MR) is 144 cm³/mol. The van der Waals surface area contributed by atoms with E-state index in [4.69, 9.17) is 28.2 Å². The van der Waals surface area contributed by atoms with Crippen LogP contribution in [0.4, 0.5) is 11.6 Å². The van der Waals surface area contributed by atoms with Crippen LogP contribution in [0, 0.1) is 29.1 Å². The number of nitriles is 1. The number of anilines is 2. The molecule has 8 nitrogen and oxygen atoms in total. The number of nitrogens with zero attached hydrogens (tertiary/aromatic N) is 5. The van der Waals surface area contributed by atoms with Crippen LogP contribution >= 0.6 is 23.2 Å². The molecule has 0 spiro atoms. The van der Waals surface area contributed by atoms with E-state index >= 15 is 0 Å². The monoisotopic (exact) mass is 542 g/mol. The van der Waals surface area contributed by atoms with Crippen LogP contribution in [0.1, 0.15) is 56.3 Å². The Kier molecular flexibility index (Phi) is 7.75. The molecule has 3 aliphatic rings. The number of carbonyl (C=O) groups is 1. The van der Waals surface area contributed by atoms with E-state index in [1.54, 1.807) is 18.3 Å². The van der Waals surface area contributed by atoms with Crippen molar-refractivity contribution in [2.45, 2.75) is 51.1 Å². The van der Waals surface area contributed by atoms with Gasteiger partial charge in [0.15, 0.2) is 11.5 Å². The fraction of sp³-hybridized carbons (Fsp3) is 0.556. The molecule has 3 fully saturated rings. The number of nitrogens with one attached hydrogen (secondary N) is 1. The average Bonchev–Trinajstić information content (AvgIpc) is 3.34. The fourth-order valence-electron chi connectivity index (χ4n) is 6.24. The second kappa shape index (κ2) is 11.0. The molecule has 4 atom stereocenters. The number of likely N-dealkylation sites (tertiary alicyclic amines) is 1. The Morgan fingerprint density at radius 1 is 1.19 bits per heavy atom. The van der Waals surface area contributed by atoms with Crippen LogP contribution in [0.15, 0.2) is 24.4 Å². The van der Waals surface area contributed by atoms with Crippen molar-refractivity contribution < 1.29 is 9.90 Å². The summed E-state index contributed by atoms with van der Waals surface area (Å²) in [6.07, 6.45) is 6.79. The number of piperidine rings is 1. The molecule has 0 radical (unpaired) electrons. The number of benzene rings is 1. The Morgan fingerprint density at radius 3 is 2.73 bits per heavy atom. The van der Waals surface area contributed by atoms with Crippen LogP contribution in [-0.2, 0) is 4.79 Å². The maximum absolute atomic E-state index is 11.7.